The first kappa shape index (κ1) is 30.8. The van der Waals surface area contributed by atoms with Gasteiger partial charge in [-0.2, -0.15) is 56.7 Å². The molecule has 0 aromatic carbocycles. The Kier molecular flexibility index (Phi) is 8.92. The highest BCUT2D eigenvalue weighted by Gasteiger charge is 2.69. The largest absolute Gasteiger partial charge is 0.466 e. The van der Waals surface area contributed by atoms with E-state index in [1.54, 1.807) is 0 Å². The van der Waals surface area contributed by atoms with Crippen LogP contribution >= 0.6 is 0 Å². The van der Waals surface area contributed by atoms with Crippen molar-refractivity contribution in [2.75, 3.05) is 6.61 Å². The maximum Gasteiger partial charge on any atom is 0.466 e. The van der Waals surface area contributed by atoms with Crippen LogP contribution in [0.3, 0.4) is 0 Å². The number of hydrogen-bond donors (Lipinski definition) is 2. The summed E-state index contributed by atoms with van der Waals surface area (Å²) in [6, 6.07) is -3.13. The third-order valence-corrected chi connectivity index (χ3v) is 4.39. The Morgan fingerprint density at radius 3 is 1.82 bits per heavy atom. The van der Waals surface area contributed by atoms with Gasteiger partial charge >= 0.3 is 51.3 Å². The molecule has 0 aromatic rings. The summed E-state index contributed by atoms with van der Waals surface area (Å²) in [7, 11) is -6.85. The molecule has 0 aliphatic heterocycles. The molecule has 1 amide bonds. The average Bonchev–Trinajstić information content (AvgIpc) is 2.57. The summed E-state index contributed by atoms with van der Waals surface area (Å²) in [6.45, 7) is -0.225. The van der Waals surface area contributed by atoms with Gasteiger partial charge in [-0.05, 0) is 6.92 Å². The number of rotatable bonds is 10. The van der Waals surface area contributed by atoms with Crippen LogP contribution in [0.2, 0.25) is 0 Å². The smallest absolute Gasteiger partial charge is 0.410 e. The lowest BCUT2D eigenvalue weighted by Gasteiger charge is -2.34. The van der Waals surface area contributed by atoms with Crippen molar-refractivity contribution in [1.82, 2.24) is 5.32 Å². The van der Waals surface area contributed by atoms with E-state index in [2.05, 4.69) is 16.1 Å². The minimum Gasteiger partial charge on any atom is -0.410 e. The van der Waals surface area contributed by atoms with Gasteiger partial charge in [-0.1, -0.05) is 6.58 Å². The third kappa shape index (κ3) is 6.88. The van der Waals surface area contributed by atoms with E-state index in [0.29, 0.717) is 5.32 Å². The number of carbonyl (C=O) groups is 2. The molecule has 0 spiro atoms. The number of esters is 1. The van der Waals surface area contributed by atoms with Crippen molar-refractivity contribution in [3.8, 4) is 0 Å². The molecule has 0 rings (SSSR count). The predicted molar refractivity (Wildman–Crippen MR) is 80.8 cm³/mol. The van der Waals surface area contributed by atoms with E-state index in [1.807, 2.05) is 0 Å². The molecule has 0 radical (unpaired) electrons. The van der Waals surface area contributed by atoms with Crippen molar-refractivity contribution in [3.63, 3.8) is 0 Å². The van der Waals surface area contributed by atoms with Gasteiger partial charge in [-0.15, -0.1) is 0 Å². The number of alkyl halides is 10. The Balaban J connectivity index is 6.24. The number of carbonyl (C=O) groups excluding carboxylic acids is 2. The number of ether oxygens (including phenoxy) is 2. The summed E-state index contributed by atoms with van der Waals surface area (Å²) in [4.78, 5) is 23.1. The Morgan fingerprint density at radius 1 is 1.03 bits per heavy atom. The highest BCUT2D eigenvalue weighted by Crippen LogP contribution is 2.42. The molecule has 2 unspecified atom stereocenters. The van der Waals surface area contributed by atoms with Crippen LogP contribution < -0.4 is 5.32 Å². The second-order valence-corrected chi connectivity index (χ2v) is 7.40. The summed E-state index contributed by atoms with van der Waals surface area (Å²) in [5.41, 5.74) is 0. The highest BCUT2D eigenvalue weighted by atomic mass is 32.2. The van der Waals surface area contributed by atoms with Crippen LogP contribution in [0.4, 0.5) is 48.3 Å². The number of halogens is 11. The summed E-state index contributed by atoms with van der Waals surface area (Å²) in [5, 5.41) is -5.70. The number of hydrogen-bond acceptors (Lipinski definition) is 6. The van der Waals surface area contributed by atoms with Gasteiger partial charge in [0.2, 0.25) is 5.83 Å². The Labute approximate surface area is 176 Å². The zero-order valence-corrected chi connectivity index (χ0v) is 16.5. The fourth-order valence-electron chi connectivity index (χ4n) is 1.63. The minimum absolute atomic E-state index is 0.0652. The lowest BCUT2D eigenvalue weighted by Crippen LogP contribution is -2.64. The molecule has 0 aromatic heterocycles. The molecule has 2 atom stereocenters. The molecule has 0 bridgehead atoms. The van der Waals surface area contributed by atoms with E-state index in [4.69, 9.17) is 4.55 Å². The van der Waals surface area contributed by atoms with E-state index in [9.17, 15) is 66.3 Å². The molecule has 0 saturated carbocycles. The normalized spacial score (nSPS) is 16.5. The van der Waals surface area contributed by atoms with Crippen LogP contribution in [0, 0.1) is 0 Å². The van der Waals surface area contributed by atoms with Crippen LogP contribution in [-0.4, -0.2) is 66.8 Å². The lowest BCUT2D eigenvalue weighted by molar-refractivity contribution is -0.350. The van der Waals surface area contributed by atoms with Gasteiger partial charge in [0, 0.05) is 6.42 Å². The van der Waals surface area contributed by atoms with Crippen LogP contribution in [0.15, 0.2) is 12.4 Å². The van der Waals surface area contributed by atoms with Gasteiger partial charge in [-0.25, -0.2) is 4.79 Å². The van der Waals surface area contributed by atoms with Crippen molar-refractivity contribution >= 4 is 22.0 Å². The molecular weight excluding hydrogens is 523 g/mol. The van der Waals surface area contributed by atoms with Crippen molar-refractivity contribution < 1.29 is 80.3 Å². The van der Waals surface area contributed by atoms with Gasteiger partial charge < -0.3 is 14.8 Å². The Morgan fingerprint density at radius 2 is 1.48 bits per heavy atom. The molecule has 20 heteroatoms. The maximum atomic E-state index is 13.5. The monoisotopic (exact) mass is 535 g/mol. The second kappa shape index (κ2) is 9.57. The van der Waals surface area contributed by atoms with E-state index < -0.39 is 76.2 Å². The molecule has 194 valence electrons. The number of nitrogens with one attached hydrogen (secondary N) is 1. The highest BCUT2D eigenvalue weighted by molar-refractivity contribution is 7.87. The molecule has 33 heavy (non-hydrogen) atoms. The lowest BCUT2D eigenvalue weighted by atomic mass is 10.2. The second-order valence-electron chi connectivity index (χ2n) is 5.94. The first-order valence-electron chi connectivity index (χ1n) is 7.72. The van der Waals surface area contributed by atoms with Gasteiger partial charge in [0.25, 0.3) is 0 Å². The molecular formula is C13H12F11NO7S. The van der Waals surface area contributed by atoms with Crippen LogP contribution in [0.25, 0.3) is 0 Å². The van der Waals surface area contributed by atoms with Crippen molar-refractivity contribution in [2.45, 2.75) is 48.7 Å². The summed E-state index contributed by atoms with van der Waals surface area (Å²) in [5.74, 6) is -19.4. The van der Waals surface area contributed by atoms with Crippen LogP contribution in [0.5, 0.6) is 0 Å². The zero-order valence-electron chi connectivity index (χ0n) is 15.7. The molecule has 0 aliphatic carbocycles. The van der Waals surface area contributed by atoms with Crippen molar-refractivity contribution in [2.24, 2.45) is 0 Å². The topological polar surface area (TPSA) is 119 Å². The molecule has 8 nitrogen and oxygen atoms in total. The quantitative estimate of drug-likeness (QED) is 0.145. The summed E-state index contributed by atoms with van der Waals surface area (Å²) < 4.78 is 180. The fourth-order valence-corrected chi connectivity index (χ4v) is 2.11. The maximum absolute atomic E-state index is 13.5. The SMILES string of the molecule is C=C(F)C(=O)OC(OCCC(F)(F)C(F)(F)S(=O)(=O)O)(C(=O)NC(C)C(F)(F)F)C(F)(F)F. The number of amides is 1. The third-order valence-electron chi connectivity index (χ3n) is 3.44. The summed E-state index contributed by atoms with van der Waals surface area (Å²) >= 11 is 0. The molecule has 0 heterocycles. The van der Waals surface area contributed by atoms with Crippen molar-refractivity contribution in [3.05, 3.63) is 12.4 Å². The van der Waals surface area contributed by atoms with Gasteiger partial charge in [0.05, 0.1) is 6.61 Å². The Bertz CT molecular complexity index is 869. The van der Waals surface area contributed by atoms with Gasteiger partial charge in [0.1, 0.15) is 6.04 Å². The molecule has 0 saturated heterocycles. The van der Waals surface area contributed by atoms with Gasteiger partial charge in [0.15, 0.2) is 0 Å². The fraction of sp³-hybridized carbons (Fsp3) is 0.692. The summed E-state index contributed by atoms with van der Waals surface area (Å²) in [6.07, 6.45) is -14.6. The standard InChI is InChI=1S/C13H12F11NO7S/c1-5(14)7(26)32-10(12(20,21)22,8(27)25-6(2)11(17,18)19)31-4-3-9(15,16)13(23,24)33(28,29)30/h6H,1,3-4H2,2H3,(H,25,27)(H,28,29,30). The van der Waals surface area contributed by atoms with E-state index in [1.165, 1.54) is 0 Å². The predicted octanol–water partition coefficient (Wildman–Crippen LogP) is 2.86. The molecule has 0 fully saturated rings. The van der Waals surface area contributed by atoms with E-state index in [-0.39, 0.29) is 6.92 Å². The van der Waals surface area contributed by atoms with Crippen LogP contribution in [-0.2, 0) is 29.2 Å². The first-order chi connectivity index (χ1) is 14.3. The zero-order chi connectivity index (χ0) is 26.8. The van der Waals surface area contributed by atoms with E-state index >= 15 is 0 Å². The molecule has 0 aliphatic rings. The van der Waals surface area contributed by atoms with E-state index in [0.717, 1.165) is 0 Å². The average molecular weight is 535 g/mol. The molecule has 2 N–H and O–H groups in total. The van der Waals surface area contributed by atoms with Gasteiger partial charge in [-0.3, -0.25) is 9.35 Å². The minimum atomic E-state index is -6.85. The first-order valence-corrected chi connectivity index (χ1v) is 9.16. The van der Waals surface area contributed by atoms with Crippen molar-refractivity contribution in [1.29, 1.82) is 0 Å². The Hall–Kier alpha value is -2.22. The van der Waals surface area contributed by atoms with Crippen LogP contribution in [0.1, 0.15) is 13.3 Å².